The third-order valence-corrected chi connectivity index (χ3v) is 5.66. The van der Waals surface area contributed by atoms with Gasteiger partial charge in [0.05, 0.1) is 17.9 Å². The molecule has 2 rings (SSSR count). The van der Waals surface area contributed by atoms with E-state index in [1.54, 1.807) is 0 Å². The second-order valence-corrected chi connectivity index (χ2v) is 8.91. The fraction of sp³-hybridized carbons (Fsp3) is 0.381. The standard InChI is InChI=1S/C21H29N2O3P/c1-15(2)25-27(24,26-16(3)4)21(22-19-11-7-17(5)8-12-19)23-20-13-9-18(6)10-14-20/h7-16H,1-6H3,(H,22,23). The molecule has 0 aromatic heterocycles. The predicted octanol–water partition coefficient (Wildman–Crippen LogP) is 6.45. The number of aliphatic imine (C=N–C) groups is 1. The van der Waals surface area contributed by atoms with Gasteiger partial charge in [-0.2, -0.15) is 0 Å². The number of nitrogens with one attached hydrogen (secondary N) is 1. The molecule has 0 aliphatic heterocycles. The lowest BCUT2D eigenvalue weighted by Gasteiger charge is -2.24. The molecule has 0 amide bonds. The molecular weight excluding hydrogens is 359 g/mol. The summed E-state index contributed by atoms with van der Waals surface area (Å²) >= 11 is 0. The fourth-order valence-corrected chi connectivity index (χ4v) is 4.21. The van der Waals surface area contributed by atoms with Gasteiger partial charge in [-0.1, -0.05) is 35.4 Å². The molecule has 2 aromatic rings. The lowest BCUT2D eigenvalue weighted by Crippen LogP contribution is -2.20. The highest BCUT2D eigenvalue weighted by Crippen LogP contribution is 2.52. The monoisotopic (exact) mass is 388 g/mol. The van der Waals surface area contributed by atoms with Crippen molar-refractivity contribution >= 4 is 24.5 Å². The van der Waals surface area contributed by atoms with Crippen LogP contribution >= 0.6 is 7.60 Å². The third-order valence-electron chi connectivity index (χ3n) is 3.54. The van der Waals surface area contributed by atoms with E-state index in [-0.39, 0.29) is 17.8 Å². The zero-order chi connectivity index (χ0) is 20.0. The van der Waals surface area contributed by atoms with Crippen LogP contribution in [0.25, 0.3) is 0 Å². The van der Waals surface area contributed by atoms with Gasteiger partial charge in [-0.05, 0) is 65.8 Å². The first-order valence-corrected chi connectivity index (χ1v) is 10.7. The Morgan fingerprint density at radius 3 is 1.74 bits per heavy atom. The summed E-state index contributed by atoms with van der Waals surface area (Å²) in [4.78, 5) is 4.59. The number of benzene rings is 2. The van der Waals surface area contributed by atoms with Crippen LogP contribution in [0.4, 0.5) is 11.4 Å². The van der Waals surface area contributed by atoms with Crippen molar-refractivity contribution in [1.29, 1.82) is 0 Å². The second-order valence-electron chi connectivity index (χ2n) is 7.07. The zero-order valence-electron chi connectivity index (χ0n) is 16.9. The van der Waals surface area contributed by atoms with E-state index in [9.17, 15) is 4.57 Å². The Morgan fingerprint density at radius 2 is 1.30 bits per heavy atom. The summed E-state index contributed by atoms with van der Waals surface area (Å²) in [5.74, 6) is 0. The summed E-state index contributed by atoms with van der Waals surface area (Å²) in [6.07, 6.45) is -0.560. The lowest BCUT2D eigenvalue weighted by molar-refractivity contribution is 0.152. The van der Waals surface area contributed by atoms with Crippen LogP contribution in [-0.4, -0.2) is 17.8 Å². The lowest BCUT2D eigenvalue weighted by atomic mass is 10.2. The van der Waals surface area contributed by atoms with Crippen LogP contribution in [0.15, 0.2) is 53.5 Å². The molecular formula is C21H29N2O3P. The van der Waals surface area contributed by atoms with Gasteiger partial charge in [0.1, 0.15) is 0 Å². The van der Waals surface area contributed by atoms with E-state index in [0.717, 1.165) is 16.8 Å². The summed E-state index contributed by atoms with van der Waals surface area (Å²) in [7, 11) is -3.66. The molecule has 0 spiro atoms. The molecule has 1 N–H and O–H groups in total. The van der Waals surface area contributed by atoms with Gasteiger partial charge in [0.25, 0.3) is 0 Å². The fourth-order valence-electron chi connectivity index (χ4n) is 2.35. The van der Waals surface area contributed by atoms with Crippen LogP contribution < -0.4 is 5.32 Å². The molecule has 0 bridgehead atoms. The number of aryl methyl sites for hydroxylation is 2. The molecule has 0 aliphatic carbocycles. The van der Waals surface area contributed by atoms with E-state index in [1.165, 1.54) is 0 Å². The average Bonchev–Trinajstić information content (AvgIpc) is 2.56. The van der Waals surface area contributed by atoms with Gasteiger partial charge < -0.3 is 14.4 Å². The molecule has 5 nitrogen and oxygen atoms in total. The molecule has 27 heavy (non-hydrogen) atoms. The van der Waals surface area contributed by atoms with Gasteiger partial charge in [-0.15, -0.1) is 0 Å². The maximum atomic E-state index is 13.6. The number of hydrogen-bond acceptors (Lipinski definition) is 4. The van der Waals surface area contributed by atoms with Gasteiger partial charge in [0, 0.05) is 5.69 Å². The average molecular weight is 388 g/mol. The van der Waals surface area contributed by atoms with Gasteiger partial charge in [0.2, 0.25) is 5.58 Å². The number of amidine groups is 1. The number of anilines is 1. The molecule has 0 saturated heterocycles. The van der Waals surface area contributed by atoms with E-state index >= 15 is 0 Å². The van der Waals surface area contributed by atoms with Crippen LogP contribution in [-0.2, 0) is 13.6 Å². The highest BCUT2D eigenvalue weighted by molar-refractivity contribution is 7.72. The molecule has 2 aromatic carbocycles. The second kappa shape index (κ2) is 9.32. The van der Waals surface area contributed by atoms with Gasteiger partial charge in [0.15, 0.2) is 0 Å². The highest BCUT2D eigenvalue weighted by atomic mass is 31.2. The Labute approximate surface area is 162 Å². The summed E-state index contributed by atoms with van der Waals surface area (Å²) in [5, 5.41) is 3.16. The van der Waals surface area contributed by atoms with Crippen molar-refractivity contribution in [1.82, 2.24) is 0 Å². The first-order valence-electron chi connectivity index (χ1n) is 9.14. The summed E-state index contributed by atoms with van der Waals surface area (Å²) < 4.78 is 25.1. The van der Waals surface area contributed by atoms with Gasteiger partial charge in [-0.25, -0.2) is 4.99 Å². The first-order chi connectivity index (χ1) is 12.7. The quantitative estimate of drug-likeness (QED) is 0.336. The Bertz CT molecular complexity index is 798. The minimum absolute atomic E-state index is 0.178. The van der Waals surface area contributed by atoms with E-state index in [1.807, 2.05) is 90.1 Å². The topological polar surface area (TPSA) is 59.9 Å². The normalized spacial score (nSPS) is 12.7. The predicted molar refractivity (Wildman–Crippen MR) is 113 cm³/mol. The molecule has 0 radical (unpaired) electrons. The molecule has 0 heterocycles. The van der Waals surface area contributed by atoms with Crippen molar-refractivity contribution in [3.05, 3.63) is 59.7 Å². The van der Waals surface area contributed by atoms with Crippen LogP contribution in [0.3, 0.4) is 0 Å². The molecule has 0 atom stereocenters. The molecule has 0 unspecified atom stereocenters. The maximum absolute atomic E-state index is 13.6. The van der Waals surface area contributed by atoms with Crippen molar-refractivity contribution < 1.29 is 13.6 Å². The van der Waals surface area contributed by atoms with E-state index in [4.69, 9.17) is 9.05 Å². The zero-order valence-corrected chi connectivity index (χ0v) is 17.8. The van der Waals surface area contributed by atoms with E-state index in [2.05, 4.69) is 10.3 Å². The van der Waals surface area contributed by atoms with Crippen molar-refractivity contribution in [2.24, 2.45) is 4.99 Å². The Hall–Kier alpha value is -1.94. The first kappa shape index (κ1) is 21.4. The minimum atomic E-state index is -3.66. The number of nitrogens with zero attached hydrogens (tertiary/aromatic N) is 1. The molecule has 6 heteroatoms. The highest BCUT2D eigenvalue weighted by Gasteiger charge is 2.35. The van der Waals surface area contributed by atoms with Crippen molar-refractivity contribution in [3.8, 4) is 0 Å². The Morgan fingerprint density at radius 1 is 0.852 bits per heavy atom. The number of rotatable bonds is 7. The van der Waals surface area contributed by atoms with Crippen LogP contribution in [0.1, 0.15) is 38.8 Å². The number of hydrogen-bond donors (Lipinski definition) is 1. The Balaban J connectivity index is 2.49. The minimum Gasteiger partial charge on any atom is -0.333 e. The van der Waals surface area contributed by atoms with Crippen LogP contribution in [0, 0.1) is 13.8 Å². The van der Waals surface area contributed by atoms with Crippen molar-refractivity contribution in [2.45, 2.75) is 53.8 Å². The molecule has 0 aliphatic rings. The smallest absolute Gasteiger partial charge is 0.333 e. The summed E-state index contributed by atoms with van der Waals surface area (Å²) in [5.41, 5.74) is 3.89. The van der Waals surface area contributed by atoms with Crippen LogP contribution in [0.2, 0.25) is 0 Å². The van der Waals surface area contributed by atoms with Gasteiger partial charge >= 0.3 is 7.60 Å². The van der Waals surface area contributed by atoms with Crippen LogP contribution in [0.5, 0.6) is 0 Å². The maximum Gasteiger partial charge on any atom is 0.396 e. The van der Waals surface area contributed by atoms with E-state index in [0.29, 0.717) is 5.69 Å². The largest absolute Gasteiger partial charge is 0.396 e. The van der Waals surface area contributed by atoms with Crippen molar-refractivity contribution in [2.75, 3.05) is 5.32 Å². The molecule has 0 fully saturated rings. The van der Waals surface area contributed by atoms with E-state index < -0.39 is 7.60 Å². The third kappa shape index (κ3) is 6.62. The Kier molecular flexibility index (Phi) is 7.37. The molecule has 0 saturated carbocycles. The van der Waals surface area contributed by atoms with Gasteiger partial charge in [-0.3, -0.25) is 4.57 Å². The SMILES string of the molecule is Cc1ccc(N=C(Nc2ccc(C)cc2)P(=O)(OC(C)C)OC(C)C)cc1. The summed E-state index contributed by atoms with van der Waals surface area (Å²) in [6.45, 7) is 11.3. The van der Waals surface area contributed by atoms with Crippen molar-refractivity contribution in [3.63, 3.8) is 0 Å². The summed E-state index contributed by atoms with van der Waals surface area (Å²) in [6, 6.07) is 15.4. The molecule has 146 valence electrons.